The van der Waals surface area contributed by atoms with Crippen molar-refractivity contribution in [3.63, 3.8) is 0 Å². The summed E-state index contributed by atoms with van der Waals surface area (Å²) in [7, 11) is 0. The average Bonchev–Trinajstić information content (AvgIpc) is 3.79. The monoisotopic (exact) mass is 765 g/mol. The number of piperazine rings is 1. The number of carbonyl (C=O) groups excluding carboxylic acids is 5. The van der Waals surface area contributed by atoms with Crippen molar-refractivity contribution in [2.24, 2.45) is 0 Å². The Balaban J connectivity index is 0.855. The number of allylic oxidation sites excluding steroid dienone is 1. The minimum Gasteiger partial charge on any atom is -0.369 e. The molecular formula is C39H43N9O6S. The average molecular weight is 766 g/mol. The number of carbonyl (C=O) groups is 5. The SMILES string of the molecule is CC(=O)C1=C(C)c2cnc(Nc3ccc(N4CCN(CCSc5cccc6c5C(=O)N(C5CCC(=O)NC5=O)C6=O)CC4)cn3)nc2N(C2CCCC2)C1O. The number of fused-ring (bicyclic) bond motifs is 2. The van der Waals surface area contributed by atoms with E-state index in [-0.39, 0.29) is 24.7 Å². The Morgan fingerprint density at radius 1 is 0.964 bits per heavy atom. The van der Waals surface area contributed by atoms with Crippen molar-refractivity contribution in [2.75, 3.05) is 53.6 Å². The van der Waals surface area contributed by atoms with Crippen LogP contribution < -0.4 is 20.4 Å². The molecule has 2 unspecified atom stereocenters. The number of aromatic nitrogens is 3. The van der Waals surface area contributed by atoms with Crippen LogP contribution in [0.15, 0.2) is 53.2 Å². The molecule has 4 aliphatic heterocycles. The summed E-state index contributed by atoms with van der Waals surface area (Å²) < 4.78 is 0. The van der Waals surface area contributed by atoms with Gasteiger partial charge in [0, 0.05) is 73.2 Å². The maximum absolute atomic E-state index is 13.4. The number of pyridine rings is 1. The lowest BCUT2D eigenvalue weighted by atomic mass is 9.93. The molecule has 3 N–H and O–H groups in total. The summed E-state index contributed by atoms with van der Waals surface area (Å²) in [5.41, 5.74) is 3.47. The van der Waals surface area contributed by atoms with Gasteiger partial charge in [0.25, 0.3) is 11.8 Å². The number of benzene rings is 1. The quantitative estimate of drug-likeness (QED) is 0.202. The molecule has 5 aliphatic rings. The summed E-state index contributed by atoms with van der Waals surface area (Å²) in [5.74, 6) is 0.141. The Hall–Kier alpha value is -5.19. The maximum Gasteiger partial charge on any atom is 0.263 e. The Morgan fingerprint density at radius 3 is 2.45 bits per heavy atom. The number of imide groups is 2. The van der Waals surface area contributed by atoms with Crippen molar-refractivity contribution >= 4 is 70.0 Å². The van der Waals surface area contributed by atoms with E-state index in [4.69, 9.17) is 4.98 Å². The highest BCUT2D eigenvalue weighted by molar-refractivity contribution is 7.99. The van der Waals surface area contributed by atoms with E-state index >= 15 is 0 Å². The topological polar surface area (TPSA) is 181 Å². The first kappa shape index (κ1) is 36.8. The number of aliphatic hydroxyl groups is 1. The molecule has 0 bridgehead atoms. The van der Waals surface area contributed by atoms with Gasteiger partial charge in [-0.1, -0.05) is 18.9 Å². The highest BCUT2D eigenvalue weighted by Crippen LogP contribution is 2.41. The molecule has 15 nitrogen and oxygen atoms in total. The van der Waals surface area contributed by atoms with E-state index in [0.29, 0.717) is 50.5 Å². The Bertz CT molecular complexity index is 2100. The van der Waals surface area contributed by atoms with Crippen LogP contribution in [0.5, 0.6) is 0 Å². The van der Waals surface area contributed by atoms with E-state index in [1.165, 1.54) is 18.7 Å². The first-order valence-electron chi connectivity index (χ1n) is 18.8. The lowest BCUT2D eigenvalue weighted by Crippen LogP contribution is -2.54. The van der Waals surface area contributed by atoms with Gasteiger partial charge in [0.05, 0.1) is 23.0 Å². The van der Waals surface area contributed by atoms with Crippen molar-refractivity contribution < 1.29 is 29.1 Å². The number of amides is 4. The lowest BCUT2D eigenvalue weighted by Gasteiger charge is -2.40. The number of hydrogen-bond donors (Lipinski definition) is 3. The second kappa shape index (κ2) is 15.2. The van der Waals surface area contributed by atoms with E-state index in [0.717, 1.165) is 74.6 Å². The normalized spacial score (nSPS) is 22.0. The Morgan fingerprint density at radius 2 is 1.75 bits per heavy atom. The molecule has 4 amide bonds. The number of ketones is 1. The zero-order valence-electron chi connectivity index (χ0n) is 30.8. The summed E-state index contributed by atoms with van der Waals surface area (Å²) >= 11 is 1.52. The van der Waals surface area contributed by atoms with Crippen LogP contribution in [0, 0.1) is 0 Å². The zero-order valence-corrected chi connectivity index (χ0v) is 31.6. The Labute approximate surface area is 322 Å². The van der Waals surface area contributed by atoms with Crippen LogP contribution in [0.25, 0.3) is 5.57 Å². The Kier molecular flexibility index (Phi) is 10.1. The molecule has 1 saturated carbocycles. The van der Waals surface area contributed by atoms with Crippen LogP contribution >= 0.6 is 11.8 Å². The van der Waals surface area contributed by atoms with Crippen LogP contribution in [0.3, 0.4) is 0 Å². The van der Waals surface area contributed by atoms with Gasteiger partial charge in [0.15, 0.2) is 12.0 Å². The molecule has 16 heteroatoms. The van der Waals surface area contributed by atoms with Gasteiger partial charge < -0.3 is 20.2 Å². The van der Waals surface area contributed by atoms with Crippen LogP contribution in [0.2, 0.25) is 0 Å². The second-order valence-electron chi connectivity index (χ2n) is 14.6. The molecule has 55 heavy (non-hydrogen) atoms. The molecule has 8 rings (SSSR count). The number of thioether (sulfide) groups is 1. The highest BCUT2D eigenvalue weighted by Gasteiger charge is 2.45. The smallest absolute Gasteiger partial charge is 0.263 e. The standard InChI is InChI=1S/C39H43N9O6S/c1-22-27-21-41-39(44-34(27)47(24-6-3-4-7-24)37(53)32(22)23(2)49)42-30-12-10-25(20-40-30)46-16-14-45(15-17-46)18-19-55-29-9-5-8-26-33(29)38(54)48(36(26)52)28-11-13-31(50)43-35(28)51/h5,8-10,12,20-21,24,28,37,53H,3-4,6-7,11,13-19H2,1-2H3,(H,43,50,51)(H,40,41,42,44). The van der Waals surface area contributed by atoms with E-state index in [2.05, 4.69) is 30.4 Å². The molecule has 0 radical (unpaired) electrons. The predicted molar refractivity (Wildman–Crippen MR) is 206 cm³/mol. The molecule has 0 spiro atoms. The first-order chi connectivity index (χ1) is 26.6. The number of Topliss-reactive ketones (excluding diaryl/α,β-unsaturated/α-hetero) is 1. The van der Waals surface area contributed by atoms with Crippen LogP contribution in [0.1, 0.15) is 78.7 Å². The number of nitrogens with zero attached hydrogens (tertiary/aromatic N) is 7. The fourth-order valence-electron chi connectivity index (χ4n) is 8.37. The molecule has 2 saturated heterocycles. The van der Waals surface area contributed by atoms with Crippen LogP contribution in [-0.4, -0.2) is 116 Å². The summed E-state index contributed by atoms with van der Waals surface area (Å²) in [6, 6.07) is 8.24. The third-order valence-corrected chi connectivity index (χ3v) is 12.3. The fourth-order valence-corrected chi connectivity index (χ4v) is 9.45. The van der Waals surface area contributed by atoms with E-state index < -0.39 is 35.9 Å². The van der Waals surface area contributed by atoms with Gasteiger partial charge in [0.1, 0.15) is 17.7 Å². The van der Waals surface area contributed by atoms with Crippen molar-refractivity contribution in [2.45, 2.75) is 75.6 Å². The van der Waals surface area contributed by atoms with E-state index in [9.17, 15) is 29.1 Å². The fraction of sp³-hybridized carbons (Fsp3) is 0.436. The minimum atomic E-state index is -1.05. The second-order valence-corrected chi connectivity index (χ2v) is 15.7. The zero-order chi connectivity index (χ0) is 38.4. The van der Waals surface area contributed by atoms with E-state index in [1.54, 1.807) is 18.3 Å². The number of hydrogen-bond acceptors (Lipinski definition) is 14. The third-order valence-electron chi connectivity index (χ3n) is 11.3. The minimum absolute atomic E-state index is 0.0825. The van der Waals surface area contributed by atoms with Gasteiger partial charge in [0.2, 0.25) is 17.8 Å². The summed E-state index contributed by atoms with van der Waals surface area (Å²) in [6.45, 7) is 7.45. The van der Waals surface area contributed by atoms with E-state index in [1.807, 2.05) is 36.2 Å². The third kappa shape index (κ3) is 6.98. The van der Waals surface area contributed by atoms with Gasteiger partial charge in [-0.15, -0.1) is 11.8 Å². The number of piperidine rings is 1. The predicted octanol–water partition coefficient (Wildman–Crippen LogP) is 3.37. The summed E-state index contributed by atoms with van der Waals surface area (Å²) in [6.07, 6.45) is 6.71. The number of anilines is 4. The molecule has 3 fully saturated rings. The summed E-state index contributed by atoms with van der Waals surface area (Å²) in [5, 5.41) is 16.8. The van der Waals surface area contributed by atoms with Gasteiger partial charge in [-0.05, 0) is 62.9 Å². The summed E-state index contributed by atoms with van der Waals surface area (Å²) in [4.78, 5) is 85.5. The first-order valence-corrected chi connectivity index (χ1v) is 19.8. The number of nitrogens with one attached hydrogen (secondary N) is 2. The highest BCUT2D eigenvalue weighted by atomic mass is 32.2. The largest absolute Gasteiger partial charge is 0.369 e. The van der Waals surface area contributed by atoms with Crippen molar-refractivity contribution in [3.8, 4) is 0 Å². The number of aliphatic hydroxyl groups excluding tert-OH is 1. The molecular weight excluding hydrogens is 723 g/mol. The molecule has 1 aromatic carbocycles. The molecule has 6 heterocycles. The van der Waals surface area contributed by atoms with Gasteiger partial charge in [-0.25, -0.2) is 9.97 Å². The van der Waals surface area contributed by atoms with Gasteiger partial charge >= 0.3 is 0 Å². The molecule has 2 atom stereocenters. The molecule has 3 aromatic rings. The van der Waals surface area contributed by atoms with Gasteiger partial charge in [-0.3, -0.25) is 39.1 Å². The maximum atomic E-state index is 13.4. The van der Waals surface area contributed by atoms with Crippen LogP contribution in [0.4, 0.5) is 23.3 Å². The molecule has 2 aromatic heterocycles. The lowest BCUT2D eigenvalue weighted by molar-refractivity contribution is -0.136. The van der Waals surface area contributed by atoms with Crippen molar-refractivity contribution in [3.05, 3.63) is 65.0 Å². The van der Waals surface area contributed by atoms with Gasteiger partial charge in [-0.2, -0.15) is 4.98 Å². The van der Waals surface area contributed by atoms with Crippen molar-refractivity contribution in [1.29, 1.82) is 0 Å². The molecule has 1 aliphatic carbocycles. The molecule has 286 valence electrons. The van der Waals surface area contributed by atoms with Crippen LogP contribution in [-0.2, 0) is 14.4 Å². The van der Waals surface area contributed by atoms with Crippen molar-refractivity contribution in [1.82, 2.24) is 30.1 Å². The number of rotatable bonds is 10.